The molecule has 0 atom stereocenters. The van der Waals surface area contributed by atoms with Crippen molar-refractivity contribution in [3.05, 3.63) is 11.8 Å². The maximum Gasteiger partial charge on any atom is 0.410 e. The lowest BCUT2D eigenvalue weighted by atomic mass is 10.1. The van der Waals surface area contributed by atoms with Gasteiger partial charge >= 0.3 is 12.1 Å². The molecule has 21 heavy (non-hydrogen) atoms. The first-order chi connectivity index (χ1) is 9.67. The third-order valence-corrected chi connectivity index (χ3v) is 2.97. The topological polar surface area (TPSA) is 70.7 Å². The molecule has 1 rings (SSSR count). The van der Waals surface area contributed by atoms with E-state index in [1.165, 1.54) is 0 Å². The highest BCUT2D eigenvalue weighted by atomic mass is 16.6. The number of urea groups is 1. The summed E-state index contributed by atoms with van der Waals surface area (Å²) in [6.45, 7) is 10.6. The molecule has 1 aliphatic rings. The highest BCUT2D eigenvalue weighted by Crippen LogP contribution is 2.15. The monoisotopic (exact) mass is 297 g/mol. The van der Waals surface area contributed by atoms with Gasteiger partial charge in [-0.25, -0.2) is 9.59 Å². The van der Waals surface area contributed by atoms with E-state index < -0.39 is 5.60 Å². The van der Waals surface area contributed by atoms with Gasteiger partial charge in [0.15, 0.2) is 0 Å². The van der Waals surface area contributed by atoms with E-state index in [1.807, 2.05) is 34.6 Å². The standard InChI is InChI=1S/C15H27N3O3/c1-11(2)10-16-13(19)17-12-6-8-18(9-7-12)14(20)21-15(3,4)5/h10,12H,6-9H2,1-5H3,(H2,16,17,19). The fourth-order valence-electron chi connectivity index (χ4n) is 1.97. The van der Waals surface area contributed by atoms with Gasteiger partial charge < -0.3 is 20.3 Å². The molecule has 0 saturated carbocycles. The Hall–Kier alpha value is -1.72. The number of rotatable bonds is 2. The van der Waals surface area contributed by atoms with E-state index in [0.717, 1.165) is 18.4 Å². The average Bonchev–Trinajstić information content (AvgIpc) is 2.35. The summed E-state index contributed by atoms with van der Waals surface area (Å²) in [5.41, 5.74) is 0.557. The predicted octanol–water partition coefficient (Wildman–Crippen LogP) is 2.61. The van der Waals surface area contributed by atoms with Crippen LogP contribution in [-0.4, -0.2) is 41.8 Å². The molecule has 3 amide bonds. The molecule has 0 aliphatic carbocycles. The Labute approximate surface area is 126 Å². The normalized spacial score (nSPS) is 16.1. The summed E-state index contributed by atoms with van der Waals surface area (Å²) in [7, 11) is 0. The van der Waals surface area contributed by atoms with Crippen LogP contribution in [0.1, 0.15) is 47.5 Å². The van der Waals surface area contributed by atoms with Gasteiger partial charge in [-0.15, -0.1) is 0 Å². The number of hydrogen-bond donors (Lipinski definition) is 2. The molecule has 0 aromatic rings. The lowest BCUT2D eigenvalue weighted by Gasteiger charge is -2.33. The second-order valence-corrected chi connectivity index (χ2v) is 6.58. The van der Waals surface area contributed by atoms with E-state index in [0.29, 0.717) is 13.1 Å². The van der Waals surface area contributed by atoms with Crippen molar-refractivity contribution in [1.29, 1.82) is 0 Å². The first-order valence-electron chi connectivity index (χ1n) is 7.36. The number of ether oxygens (including phenoxy) is 1. The van der Waals surface area contributed by atoms with Crippen LogP contribution in [-0.2, 0) is 4.74 Å². The van der Waals surface area contributed by atoms with E-state index in [2.05, 4.69) is 10.6 Å². The van der Waals surface area contributed by atoms with Crippen molar-refractivity contribution in [3.63, 3.8) is 0 Å². The fourth-order valence-corrected chi connectivity index (χ4v) is 1.97. The summed E-state index contributed by atoms with van der Waals surface area (Å²) < 4.78 is 5.34. The summed E-state index contributed by atoms with van der Waals surface area (Å²) in [6, 6.07) is -0.110. The molecular formula is C15H27N3O3. The van der Waals surface area contributed by atoms with Crippen LogP contribution in [0, 0.1) is 0 Å². The Kier molecular flexibility index (Phi) is 6.05. The van der Waals surface area contributed by atoms with Gasteiger partial charge in [0, 0.05) is 25.3 Å². The van der Waals surface area contributed by atoms with E-state index in [1.54, 1.807) is 11.1 Å². The summed E-state index contributed by atoms with van der Waals surface area (Å²) in [4.78, 5) is 25.3. The Balaban J connectivity index is 2.34. The maximum atomic E-state index is 11.9. The molecule has 1 heterocycles. The molecule has 0 unspecified atom stereocenters. The van der Waals surface area contributed by atoms with Crippen LogP contribution >= 0.6 is 0 Å². The molecule has 1 fully saturated rings. The lowest BCUT2D eigenvalue weighted by molar-refractivity contribution is 0.0201. The van der Waals surface area contributed by atoms with Crippen LogP contribution in [0.4, 0.5) is 9.59 Å². The SMILES string of the molecule is CC(C)=CNC(=O)NC1CCN(C(=O)OC(C)(C)C)CC1. The first kappa shape index (κ1) is 17.3. The van der Waals surface area contributed by atoms with Gasteiger partial charge in [0.2, 0.25) is 0 Å². The third-order valence-electron chi connectivity index (χ3n) is 2.97. The van der Waals surface area contributed by atoms with Crippen molar-refractivity contribution in [3.8, 4) is 0 Å². The summed E-state index contributed by atoms with van der Waals surface area (Å²) in [6.07, 6.45) is 2.86. The van der Waals surface area contributed by atoms with E-state index in [4.69, 9.17) is 4.74 Å². The van der Waals surface area contributed by atoms with Crippen LogP contribution in [0.2, 0.25) is 0 Å². The highest BCUT2D eigenvalue weighted by Gasteiger charge is 2.27. The zero-order valence-electron chi connectivity index (χ0n) is 13.7. The zero-order valence-corrected chi connectivity index (χ0v) is 13.7. The second kappa shape index (κ2) is 7.33. The number of hydrogen-bond acceptors (Lipinski definition) is 3. The lowest BCUT2D eigenvalue weighted by Crippen LogP contribution is -2.49. The highest BCUT2D eigenvalue weighted by molar-refractivity contribution is 5.75. The molecule has 120 valence electrons. The van der Waals surface area contributed by atoms with E-state index in [9.17, 15) is 9.59 Å². The molecule has 6 heteroatoms. The molecule has 0 bridgehead atoms. The number of carbonyl (C=O) groups is 2. The van der Waals surface area contributed by atoms with Crippen molar-refractivity contribution in [2.24, 2.45) is 0 Å². The second-order valence-electron chi connectivity index (χ2n) is 6.58. The smallest absolute Gasteiger partial charge is 0.410 e. The molecule has 0 aromatic carbocycles. The van der Waals surface area contributed by atoms with Crippen LogP contribution in [0.15, 0.2) is 11.8 Å². The number of nitrogens with zero attached hydrogens (tertiary/aromatic N) is 1. The molecule has 0 radical (unpaired) electrons. The fraction of sp³-hybridized carbons (Fsp3) is 0.733. The van der Waals surface area contributed by atoms with E-state index in [-0.39, 0.29) is 18.2 Å². The number of nitrogens with one attached hydrogen (secondary N) is 2. The number of amides is 3. The quantitative estimate of drug-likeness (QED) is 0.823. The molecule has 0 aromatic heterocycles. The molecular weight excluding hydrogens is 270 g/mol. The minimum atomic E-state index is -0.476. The molecule has 1 saturated heterocycles. The van der Waals surface area contributed by atoms with Gasteiger partial charge in [-0.1, -0.05) is 5.57 Å². The maximum absolute atomic E-state index is 11.9. The minimum Gasteiger partial charge on any atom is -0.444 e. The average molecular weight is 297 g/mol. The minimum absolute atomic E-state index is 0.0919. The van der Waals surface area contributed by atoms with Crippen molar-refractivity contribution in [1.82, 2.24) is 15.5 Å². The Morgan fingerprint density at radius 3 is 2.24 bits per heavy atom. The van der Waals surface area contributed by atoms with Crippen molar-refractivity contribution < 1.29 is 14.3 Å². The molecule has 0 spiro atoms. The van der Waals surface area contributed by atoms with Crippen molar-refractivity contribution in [2.75, 3.05) is 13.1 Å². The van der Waals surface area contributed by atoms with Crippen LogP contribution < -0.4 is 10.6 Å². The van der Waals surface area contributed by atoms with Gasteiger partial charge in [0.05, 0.1) is 0 Å². The van der Waals surface area contributed by atoms with Gasteiger partial charge in [-0.3, -0.25) is 0 Å². The van der Waals surface area contributed by atoms with Crippen LogP contribution in [0.5, 0.6) is 0 Å². The Morgan fingerprint density at radius 1 is 1.19 bits per heavy atom. The van der Waals surface area contributed by atoms with Gasteiger partial charge in [-0.2, -0.15) is 0 Å². The van der Waals surface area contributed by atoms with E-state index >= 15 is 0 Å². The van der Waals surface area contributed by atoms with Gasteiger partial charge in [0.25, 0.3) is 0 Å². The summed E-state index contributed by atoms with van der Waals surface area (Å²) >= 11 is 0. The van der Waals surface area contributed by atoms with Crippen LogP contribution in [0.25, 0.3) is 0 Å². The number of carbonyl (C=O) groups excluding carboxylic acids is 2. The van der Waals surface area contributed by atoms with Crippen LogP contribution in [0.3, 0.4) is 0 Å². The van der Waals surface area contributed by atoms with Gasteiger partial charge in [0.1, 0.15) is 5.60 Å². The number of allylic oxidation sites excluding steroid dienone is 1. The molecule has 6 nitrogen and oxygen atoms in total. The summed E-state index contributed by atoms with van der Waals surface area (Å²) in [5.74, 6) is 0. The Morgan fingerprint density at radius 2 is 1.76 bits per heavy atom. The Bertz CT molecular complexity index is 401. The third kappa shape index (κ3) is 7.02. The van der Waals surface area contributed by atoms with Crippen molar-refractivity contribution >= 4 is 12.1 Å². The molecule has 1 aliphatic heterocycles. The first-order valence-corrected chi connectivity index (χ1v) is 7.36. The number of likely N-dealkylation sites (tertiary alicyclic amines) is 1. The number of piperidine rings is 1. The molecule has 2 N–H and O–H groups in total. The largest absolute Gasteiger partial charge is 0.444 e. The predicted molar refractivity (Wildman–Crippen MR) is 81.9 cm³/mol. The zero-order chi connectivity index (χ0) is 16.0. The summed E-state index contributed by atoms with van der Waals surface area (Å²) in [5, 5.41) is 5.59. The van der Waals surface area contributed by atoms with Gasteiger partial charge in [-0.05, 0) is 47.5 Å². The van der Waals surface area contributed by atoms with Crippen molar-refractivity contribution in [2.45, 2.75) is 59.1 Å².